The summed E-state index contributed by atoms with van der Waals surface area (Å²) < 4.78 is 5.59. The number of benzene rings is 1. The molecule has 5 nitrogen and oxygen atoms in total. The molecular formula is C20H33N3O2+2. The summed E-state index contributed by atoms with van der Waals surface area (Å²) >= 11 is 0. The smallest absolute Gasteiger partial charge is 0.275 e. The zero-order chi connectivity index (χ0) is 17.6. The van der Waals surface area contributed by atoms with E-state index in [4.69, 9.17) is 4.74 Å². The molecule has 2 aliphatic heterocycles. The van der Waals surface area contributed by atoms with Gasteiger partial charge in [-0.15, -0.1) is 0 Å². The fraction of sp³-hybridized carbons (Fsp3) is 0.650. The maximum absolute atomic E-state index is 12.1. The standard InChI is InChI=1S/C20H31N3O2/c1-3-4-16(2)21-20(24)15-23-10-8-22(9-11-23)14-17-5-6-19-18(13-17)7-12-25-19/h5-6,13,16H,3-4,7-12,14-15H2,1-2H3,(H,21,24)/p+2/t16-/m1/s1. The molecule has 1 atom stereocenters. The highest BCUT2D eigenvalue weighted by Crippen LogP contribution is 2.25. The van der Waals surface area contributed by atoms with Crippen molar-refractivity contribution in [1.29, 1.82) is 0 Å². The number of nitrogens with one attached hydrogen (secondary N) is 3. The highest BCUT2D eigenvalue weighted by molar-refractivity contribution is 5.77. The van der Waals surface area contributed by atoms with Crippen LogP contribution in [0.4, 0.5) is 0 Å². The van der Waals surface area contributed by atoms with Crippen molar-refractivity contribution in [3.63, 3.8) is 0 Å². The van der Waals surface area contributed by atoms with Crippen molar-refractivity contribution >= 4 is 5.91 Å². The number of piperazine rings is 1. The Morgan fingerprint density at radius 1 is 1.24 bits per heavy atom. The fourth-order valence-corrected chi connectivity index (χ4v) is 4.01. The predicted molar refractivity (Wildman–Crippen MR) is 98.1 cm³/mol. The van der Waals surface area contributed by atoms with Crippen LogP contribution in [0.3, 0.4) is 0 Å². The molecule has 0 unspecified atom stereocenters. The van der Waals surface area contributed by atoms with Crippen LogP contribution in [0.5, 0.6) is 5.75 Å². The van der Waals surface area contributed by atoms with Crippen LogP contribution in [-0.4, -0.2) is 51.3 Å². The third-order valence-electron chi connectivity index (χ3n) is 5.41. The maximum atomic E-state index is 12.1. The van der Waals surface area contributed by atoms with E-state index in [0.29, 0.717) is 12.6 Å². The molecule has 25 heavy (non-hydrogen) atoms. The van der Waals surface area contributed by atoms with E-state index in [-0.39, 0.29) is 5.91 Å². The van der Waals surface area contributed by atoms with Crippen LogP contribution in [0.2, 0.25) is 0 Å². The SMILES string of the molecule is CCC[C@@H](C)NC(=O)C[NH+]1CC[NH+](Cc2ccc3c(c2)CCO3)CC1. The van der Waals surface area contributed by atoms with Crippen molar-refractivity contribution in [2.45, 2.75) is 45.7 Å². The minimum absolute atomic E-state index is 0.207. The zero-order valence-corrected chi connectivity index (χ0v) is 15.7. The Bertz CT molecular complexity index is 582. The molecule has 0 spiro atoms. The average Bonchev–Trinajstić information content (AvgIpc) is 3.04. The van der Waals surface area contributed by atoms with E-state index < -0.39 is 0 Å². The number of hydrogen-bond acceptors (Lipinski definition) is 2. The van der Waals surface area contributed by atoms with Gasteiger partial charge in [-0.3, -0.25) is 4.79 Å². The van der Waals surface area contributed by atoms with Gasteiger partial charge in [0.2, 0.25) is 0 Å². The second-order valence-corrected chi connectivity index (χ2v) is 7.65. The number of hydrogen-bond donors (Lipinski definition) is 3. The minimum Gasteiger partial charge on any atom is -0.493 e. The van der Waals surface area contributed by atoms with E-state index in [9.17, 15) is 4.79 Å². The van der Waals surface area contributed by atoms with Gasteiger partial charge in [0.1, 0.15) is 38.5 Å². The number of amides is 1. The van der Waals surface area contributed by atoms with Gasteiger partial charge in [0, 0.05) is 18.0 Å². The van der Waals surface area contributed by atoms with Gasteiger partial charge < -0.3 is 19.9 Å². The van der Waals surface area contributed by atoms with Crippen LogP contribution >= 0.6 is 0 Å². The Labute approximate surface area is 151 Å². The molecule has 138 valence electrons. The maximum Gasteiger partial charge on any atom is 0.275 e. The average molecular weight is 348 g/mol. The predicted octanol–water partition coefficient (Wildman–Crippen LogP) is -0.790. The lowest BCUT2D eigenvalue weighted by atomic mass is 10.1. The van der Waals surface area contributed by atoms with Crippen molar-refractivity contribution in [2.75, 3.05) is 39.3 Å². The topological polar surface area (TPSA) is 47.2 Å². The molecule has 2 heterocycles. The largest absolute Gasteiger partial charge is 0.493 e. The highest BCUT2D eigenvalue weighted by atomic mass is 16.5. The van der Waals surface area contributed by atoms with Crippen LogP contribution in [0.15, 0.2) is 18.2 Å². The summed E-state index contributed by atoms with van der Waals surface area (Å²) in [5, 5.41) is 3.12. The number of fused-ring (bicyclic) bond motifs is 1. The summed E-state index contributed by atoms with van der Waals surface area (Å²) in [7, 11) is 0. The molecular weight excluding hydrogens is 314 g/mol. The Kier molecular flexibility index (Phi) is 6.32. The molecule has 0 aromatic heterocycles. The van der Waals surface area contributed by atoms with Crippen molar-refractivity contribution < 1.29 is 19.3 Å². The number of carbonyl (C=O) groups excluding carboxylic acids is 1. The normalized spacial score (nSPS) is 23.6. The van der Waals surface area contributed by atoms with Gasteiger partial charge in [0.05, 0.1) is 6.61 Å². The summed E-state index contributed by atoms with van der Waals surface area (Å²) in [5.41, 5.74) is 2.77. The van der Waals surface area contributed by atoms with Gasteiger partial charge in [-0.25, -0.2) is 0 Å². The summed E-state index contributed by atoms with van der Waals surface area (Å²) in [5.74, 6) is 1.27. The van der Waals surface area contributed by atoms with Gasteiger partial charge in [-0.05, 0) is 37.1 Å². The first kappa shape index (κ1) is 18.2. The summed E-state index contributed by atoms with van der Waals surface area (Å²) in [6, 6.07) is 6.95. The van der Waals surface area contributed by atoms with E-state index in [1.165, 1.54) is 16.0 Å². The van der Waals surface area contributed by atoms with Gasteiger partial charge >= 0.3 is 0 Å². The Balaban J connectivity index is 1.40. The van der Waals surface area contributed by atoms with Gasteiger partial charge in [0.15, 0.2) is 6.54 Å². The molecule has 1 saturated heterocycles. The third kappa shape index (κ3) is 5.19. The Morgan fingerprint density at radius 3 is 2.76 bits per heavy atom. The Hall–Kier alpha value is -1.59. The van der Waals surface area contributed by atoms with E-state index in [2.05, 4.69) is 37.4 Å². The molecule has 1 amide bonds. The van der Waals surface area contributed by atoms with Crippen molar-refractivity contribution in [3.8, 4) is 5.75 Å². The fourth-order valence-electron chi connectivity index (χ4n) is 4.01. The third-order valence-corrected chi connectivity index (χ3v) is 5.41. The van der Waals surface area contributed by atoms with Crippen molar-refractivity contribution in [2.24, 2.45) is 0 Å². The summed E-state index contributed by atoms with van der Waals surface area (Å²) in [4.78, 5) is 15.2. The van der Waals surface area contributed by atoms with E-state index in [1.807, 2.05) is 0 Å². The lowest BCUT2D eigenvalue weighted by Crippen LogP contribution is -3.28. The number of carbonyl (C=O) groups is 1. The number of ether oxygens (including phenoxy) is 1. The molecule has 5 heteroatoms. The first-order chi connectivity index (χ1) is 12.1. The molecule has 3 N–H and O–H groups in total. The molecule has 0 radical (unpaired) electrons. The van der Waals surface area contributed by atoms with Crippen LogP contribution in [0.1, 0.15) is 37.8 Å². The summed E-state index contributed by atoms with van der Waals surface area (Å²) in [6.45, 7) is 11.2. The second-order valence-electron chi connectivity index (χ2n) is 7.65. The lowest BCUT2D eigenvalue weighted by Gasteiger charge is -2.29. The summed E-state index contributed by atoms with van der Waals surface area (Å²) in [6.07, 6.45) is 3.22. The van der Waals surface area contributed by atoms with Crippen LogP contribution in [0, 0.1) is 0 Å². The number of quaternary nitrogens is 2. The highest BCUT2D eigenvalue weighted by Gasteiger charge is 2.25. The van der Waals surface area contributed by atoms with Gasteiger partial charge in [-0.1, -0.05) is 13.3 Å². The molecule has 0 aliphatic carbocycles. The molecule has 0 saturated carbocycles. The first-order valence-corrected chi connectivity index (χ1v) is 9.85. The van der Waals surface area contributed by atoms with E-state index in [1.54, 1.807) is 4.90 Å². The second kappa shape index (κ2) is 8.68. The number of rotatable bonds is 7. The van der Waals surface area contributed by atoms with Crippen LogP contribution in [0.25, 0.3) is 0 Å². The Morgan fingerprint density at radius 2 is 2.00 bits per heavy atom. The first-order valence-electron chi connectivity index (χ1n) is 9.85. The van der Waals surface area contributed by atoms with Crippen molar-refractivity contribution in [1.82, 2.24) is 5.32 Å². The van der Waals surface area contributed by atoms with E-state index in [0.717, 1.165) is 64.3 Å². The monoisotopic (exact) mass is 347 g/mol. The zero-order valence-electron chi connectivity index (χ0n) is 15.7. The van der Waals surface area contributed by atoms with Crippen LogP contribution < -0.4 is 19.9 Å². The van der Waals surface area contributed by atoms with Gasteiger partial charge in [-0.2, -0.15) is 0 Å². The molecule has 1 fully saturated rings. The quantitative estimate of drug-likeness (QED) is 0.605. The van der Waals surface area contributed by atoms with Crippen molar-refractivity contribution in [3.05, 3.63) is 29.3 Å². The molecule has 1 aromatic rings. The molecule has 1 aromatic carbocycles. The van der Waals surface area contributed by atoms with E-state index >= 15 is 0 Å². The lowest BCUT2D eigenvalue weighted by molar-refractivity contribution is -1.02. The molecule has 3 rings (SSSR count). The van der Waals surface area contributed by atoms with Crippen LogP contribution in [-0.2, 0) is 17.8 Å². The molecule has 2 aliphatic rings. The minimum atomic E-state index is 0.207. The van der Waals surface area contributed by atoms with Gasteiger partial charge in [0.25, 0.3) is 5.91 Å². The molecule has 0 bridgehead atoms.